The summed E-state index contributed by atoms with van der Waals surface area (Å²) in [6.45, 7) is 5.95. The van der Waals surface area contributed by atoms with Crippen molar-refractivity contribution in [2.45, 2.75) is 33.1 Å². The Kier molecular flexibility index (Phi) is 3.92. The van der Waals surface area contributed by atoms with Crippen LogP contribution in [0.5, 0.6) is 5.88 Å². The molecule has 3 rings (SSSR count). The molecular weight excluding hydrogens is 302 g/mol. The van der Waals surface area contributed by atoms with E-state index in [1.165, 1.54) is 0 Å². The van der Waals surface area contributed by atoms with Gasteiger partial charge in [-0.15, -0.1) is 0 Å². The van der Waals surface area contributed by atoms with Crippen LogP contribution in [0.25, 0.3) is 11.4 Å². The van der Waals surface area contributed by atoms with Crippen molar-refractivity contribution in [1.82, 2.24) is 9.97 Å². The molecule has 1 unspecified atom stereocenters. The average Bonchev–Trinajstić information content (AvgIpc) is 2.90. The van der Waals surface area contributed by atoms with Crippen molar-refractivity contribution in [3.63, 3.8) is 0 Å². The van der Waals surface area contributed by atoms with Gasteiger partial charge in [0.2, 0.25) is 5.88 Å². The van der Waals surface area contributed by atoms with E-state index in [0.29, 0.717) is 12.1 Å². The zero-order valence-corrected chi connectivity index (χ0v) is 13.2. The zero-order valence-electron chi connectivity index (χ0n) is 13.2. The number of rotatable bonds is 3. The number of benzene rings is 1. The molecule has 0 saturated carbocycles. The fourth-order valence-corrected chi connectivity index (χ4v) is 3.22. The van der Waals surface area contributed by atoms with Gasteiger partial charge < -0.3 is 9.72 Å². The number of carbonyl (C=O) groups excluding carboxylic acids is 1. The zero-order chi connectivity index (χ0) is 16.7. The summed E-state index contributed by atoms with van der Waals surface area (Å²) < 4.78 is 32.7. The number of H-pyrrole nitrogens is 1. The van der Waals surface area contributed by atoms with Gasteiger partial charge in [-0.2, -0.15) is 4.98 Å². The summed E-state index contributed by atoms with van der Waals surface area (Å²) >= 11 is 0. The van der Waals surface area contributed by atoms with Gasteiger partial charge in [-0.05, 0) is 30.5 Å². The average molecular weight is 320 g/mol. The summed E-state index contributed by atoms with van der Waals surface area (Å²) in [5.74, 6) is -1.31. The molecule has 0 bridgehead atoms. The van der Waals surface area contributed by atoms with Crippen molar-refractivity contribution in [3.05, 3.63) is 35.5 Å². The third-order valence-corrected chi connectivity index (χ3v) is 4.31. The predicted octanol–water partition coefficient (Wildman–Crippen LogP) is 4.04. The van der Waals surface area contributed by atoms with Crippen molar-refractivity contribution in [2.75, 3.05) is 0 Å². The van der Waals surface area contributed by atoms with E-state index in [0.717, 1.165) is 18.2 Å². The number of nitrogens with one attached hydrogen (secondary N) is 1. The van der Waals surface area contributed by atoms with Crippen molar-refractivity contribution in [2.24, 2.45) is 11.8 Å². The number of ether oxygens (including phenoxy) is 1. The minimum absolute atomic E-state index is 0.0194. The van der Waals surface area contributed by atoms with Crippen LogP contribution in [0.1, 0.15) is 38.8 Å². The lowest BCUT2D eigenvalue weighted by atomic mass is 9.78. The maximum absolute atomic E-state index is 14.0. The Balaban J connectivity index is 2.11. The van der Waals surface area contributed by atoms with Crippen LogP contribution in [-0.2, 0) is 4.79 Å². The molecule has 1 aliphatic heterocycles. The lowest BCUT2D eigenvalue weighted by Gasteiger charge is -2.30. The number of nitrogens with zero attached hydrogens (tertiary/aromatic N) is 1. The number of imidazole rings is 1. The molecule has 6 heteroatoms. The number of esters is 1. The van der Waals surface area contributed by atoms with Gasteiger partial charge in [-0.3, -0.25) is 4.79 Å². The molecule has 122 valence electrons. The van der Waals surface area contributed by atoms with E-state index in [4.69, 9.17) is 4.74 Å². The first-order valence-electron chi connectivity index (χ1n) is 7.69. The third kappa shape index (κ3) is 2.62. The Bertz CT molecular complexity index is 755. The number of fused-ring (bicyclic) bond motifs is 1. The molecule has 0 saturated heterocycles. The minimum atomic E-state index is -0.586. The van der Waals surface area contributed by atoms with E-state index in [-0.39, 0.29) is 41.0 Å². The van der Waals surface area contributed by atoms with Crippen LogP contribution in [0.3, 0.4) is 0 Å². The fraction of sp³-hybridized carbons (Fsp3) is 0.412. The van der Waals surface area contributed by atoms with E-state index in [1.807, 2.05) is 20.8 Å². The summed E-state index contributed by atoms with van der Waals surface area (Å²) in [7, 11) is 0. The highest BCUT2D eigenvalue weighted by molar-refractivity contribution is 5.79. The van der Waals surface area contributed by atoms with Crippen molar-refractivity contribution in [3.8, 4) is 17.3 Å². The molecule has 0 spiro atoms. The molecule has 1 aromatic heterocycles. The highest BCUT2D eigenvalue weighted by atomic mass is 19.1. The Morgan fingerprint density at radius 2 is 2.09 bits per heavy atom. The molecule has 1 aliphatic rings. The van der Waals surface area contributed by atoms with E-state index < -0.39 is 11.6 Å². The topological polar surface area (TPSA) is 55.0 Å². The highest BCUT2D eigenvalue weighted by Crippen LogP contribution is 2.43. The summed E-state index contributed by atoms with van der Waals surface area (Å²) in [4.78, 5) is 19.4. The van der Waals surface area contributed by atoms with Crippen molar-refractivity contribution < 1.29 is 18.3 Å². The van der Waals surface area contributed by atoms with E-state index >= 15 is 0 Å². The van der Waals surface area contributed by atoms with Gasteiger partial charge in [0, 0.05) is 5.92 Å². The van der Waals surface area contributed by atoms with E-state index in [2.05, 4.69) is 9.97 Å². The Morgan fingerprint density at radius 1 is 1.35 bits per heavy atom. The van der Waals surface area contributed by atoms with Gasteiger partial charge in [0.25, 0.3) is 0 Å². The van der Waals surface area contributed by atoms with Gasteiger partial charge >= 0.3 is 5.97 Å². The monoisotopic (exact) mass is 320 g/mol. The molecule has 2 heterocycles. The molecule has 1 aromatic carbocycles. The van der Waals surface area contributed by atoms with Crippen LogP contribution in [-0.4, -0.2) is 15.9 Å². The Morgan fingerprint density at radius 3 is 2.74 bits per heavy atom. The van der Waals surface area contributed by atoms with E-state index in [1.54, 1.807) is 0 Å². The fourth-order valence-electron chi connectivity index (χ4n) is 3.22. The molecule has 1 N–H and O–H groups in total. The second kappa shape index (κ2) is 5.76. The van der Waals surface area contributed by atoms with Gasteiger partial charge in [0.15, 0.2) is 0 Å². The van der Waals surface area contributed by atoms with Crippen molar-refractivity contribution >= 4 is 5.97 Å². The lowest BCUT2D eigenvalue weighted by Crippen LogP contribution is -2.33. The van der Waals surface area contributed by atoms with Crippen LogP contribution in [0.15, 0.2) is 18.2 Å². The Labute approximate surface area is 132 Å². The first kappa shape index (κ1) is 15.6. The standard InChI is InChI=1S/C17H18F2N2O2/c1-4-10-13(8(2)3)14-16(23-17(10)22)21-15(20-14)11-7-9(18)5-6-12(11)19/h5-8,10,13H,4H2,1-3H3,(H,20,21)/t10?,13-/m1/s1. The molecule has 23 heavy (non-hydrogen) atoms. The van der Waals surface area contributed by atoms with Gasteiger partial charge in [-0.25, -0.2) is 8.78 Å². The number of aromatic nitrogens is 2. The number of hydrogen-bond donors (Lipinski definition) is 1. The van der Waals surface area contributed by atoms with Crippen LogP contribution in [0.4, 0.5) is 8.78 Å². The maximum atomic E-state index is 14.0. The normalized spacial score (nSPS) is 20.5. The van der Waals surface area contributed by atoms with Crippen LogP contribution < -0.4 is 4.74 Å². The minimum Gasteiger partial charge on any atom is -0.405 e. The summed E-state index contributed by atoms with van der Waals surface area (Å²) in [5, 5.41) is 0. The summed E-state index contributed by atoms with van der Waals surface area (Å²) in [6, 6.07) is 3.17. The maximum Gasteiger partial charge on any atom is 0.316 e. The molecule has 4 nitrogen and oxygen atoms in total. The molecule has 0 radical (unpaired) electrons. The van der Waals surface area contributed by atoms with Gasteiger partial charge in [0.1, 0.15) is 17.5 Å². The van der Waals surface area contributed by atoms with Gasteiger partial charge in [0.05, 0.1) is 17.2 Å². The Hall–Kier alpha value is -2.24. The lowest BCUT2D eigenvalue weighted by molar-refractivity contribution is -0.142. The third-order valence-electron chi connectivity index (χ3n) is 4.31. The van der Waals surface area contributed by atoms with Gasteiger partial charge in [-0.1, -0.05) is 20.8 Å². The predicted molar refractivity (Wildman–Crippen MR) is 80.9 cm³/mol. The summed E-state index contributed by atoms with van der Waals surface area (Å²) in [6.07, 6.45) is 0.643. The van der Waals surface area contributed by atoms with Crippen LogP contribution in [0.2, 0.25) is 0 Å². The quantitative estimate of drug-likeness (QED) is 0.868. The largest absolute Gasteiger partial charge is 0.405 e. The molecule has 2 aromatic rings. The highest BCUT2D eigenvalue weighted by Gasteiger charge is 2.40. The molecule has 2 atom stereocenters. The SMILES string of the molecule is CCC1C(=O)Oc2nc(-c3cc(F)ccc3F)[nH]c2[C@@H]1C(C)C. The van der Waals surface area contributed by atoms with Crippen LogP contribution >= 0.6 is 0 Å². The smallest absolute Gasteiger partial charge is 0.316 e. The summed E-state index contributed by atoms with van der Waals surface area (Å²) in [5.41, 5.74) is 0.691. The molecule has 0 aliphatic carbocycles. The number of carbonyl (C=O) groups is 1. The second-order valence-corrected chi connectivity index (χ2v) is 6.13. The first-order chi connectivity index (χ1) is 10.9. The molecule has 0 fully saturated rings. The van der Waals surface area contributed by atoms with Crippen LogP contribution in [0, 0.1) is 23.5 Å². The first-order valence-corrected chi connectivity index (χ1v) is 7.69. The number of halogens is 2. The number of hydrogen-bond acceptors (Lipinski definition) is 3. The molecular formula is C17H18F2N2O2. The second-order valence-electron chi connectivity index (χ2n) is 6.13. The van der Waals surface area contributed by atoms with E-state index in [9.17, 15) is 13.6 Å². The number of aromatic amines is 1. The molecule has 0 amide bonds. The van der Waals surface area contributed by atoms with Crippen molar-refractivity contribution in [1.29, 1.82) is 0 Å².